The summed E-state index contributed by atoms with van der Waals surface area (Å²) in [6, 6.07) is 9.94. The van der Waals surface area contributed by atoms with Crippen LogP contribution in [-0.4, -0.2) is 48.9 Å². The second-order valence-electron chi connectivity index (χ2n) is 6.02. The summed E-state index contributed by atoms with van der Waals surface area (Å²) < 4.78 is 23.3. The number of carbonyl (C=O) groups excluding carboxylic acids is 1. The fraction of sp³-hybridized carbons (Fsp3) is 0.294. The molecule has 1 aliphatic rings. The molecular formula is C17H17N5O3S. The van der Waals surface area contributed by atoms with Gasteiger partial charge in [0.2, 0.25) is 5.95 Å². The number of para-hydroxylation sites is 1. The van der Waals surface area contributed by atoms with Gasteiger partial charge < -0.3 is 10.2 Å². The summed E-state index contributed by atoms with van der Waals surface area (Å²) in [5, 5.41) is 11.8. The van der Waals surface area contributed by atoms with Crippen LogP contribution in [0.1, 0.15) is 22.5 Å². The monoisotopic (exact) mass is 371 g/mol. The summed E-state index contributed by atoms with van der Waals surface area (Å²) in [7, 11) is -1.31. The number of carbonyl (C=O) groups is 1. The molecule has 1 aromatic carbocycles. The Kier molecular flexibility index (Phi) is 4.86. The van der Waals surface area contributed by atoms with Crippen molar-refractivity contribution in [3.05, 3.63) is 47.8 Å². The number of nitrogens with zero attached hydrogens (tertiary/aromatic N) is 4. The van der Waals surface area contributed by atoms with Crippen molar-refractivity contribution in [1.82, 2.24) is 9.97 Å². The predicted molar refractivity (Wildman–Crippen MR) is 96.6 cm³/mol. The minimum atomic E-state index is -3.03. The Morgan fingerprint density at radius 2 is 2.12 bits per heavy atom. The maximum atomic E-state index is 12.5. The van der Waals surface area contributed by atoms with Crippen LogP contribution in [-0.2, 0) is 9.84 Å². The number of rotatable bonds is 4. The van der Waals surface area contributed by atoms with Gasteiger partial charge in [-0.2, -0.15) is 5.26 Å². The number of benzene rings is 1. The van der Waals surface area contributed by atoms with Crippen LogP contribution in [0, 0.1) is 11.3 Å². The lowest BCUT2D eigenvalue weighted by atomic mass is 10.2. The molecule has 2 aromatic rings. The van der Waals surface area contributed by atoms with Crippen molar-refractivity contribution in [2.24, 2.45) is 0 Å². The molecule has 1 aromatic heterocycles. The van der Waals surface area contributed by atoms with E-state index in [1.54, 1.807) is 36.2 Å². The summed E-state index contributed by atoms with van der Waals surface area (Å²) in [5.41, 5.74) is 0.884. The van der Waals surface area contributed by atoms with Gasteiger partial charge in [0.25, 0.3) is 5.91 Å². The lowest BCUT2D eigenvalue weighted by molar-refractivity contribution is 0.102. The van der Waals surface area contributed by atoms with E-state index >= 15 is 0 Å². The summed E-state index contributed by atoms with van der Waals surface area (Å²) in [4.78, 5) is 22.5. The number of sulfone groups is 1. The molecule has 1 saturated heterocycles. The first-order valence-corrected chi connectivity index (χ1v) is 9.78. The molecule has 26 heavy (non-hydrogen) atoms. The van der Waals surface area contributed by atoms with E-state index in [1.807, 2.05) is 6.07 Å². The molecule has 9 heteroatoms. The number of amides is 1. The van der Waals surface area contributed by atoms with E-state index in [-0.39, 0.29) is 29.2 Å². The van der Waals surface area contributed by atoms with Crippen LogP contribution >= 0.6 is 0 Å². The van der Waals surface area contributed by atoms with Crippen molar-refractivity contribution >= 4 is 27.4 Å². The number of anilines is 2. The topological polar surface area (TPSA) is 116 Å². The Morgan fingerprint density at radius 1 is 1.35 bits per heavy atom. The van der Waals surface area contributed by atoms with Crippen LogP contribution in [0.4, 0.5) is 11.6 Å². The molecule has 1 N–H and O–H groups in total. The Labute approximate surface area is 151 Å². The van der Waals surface area contributed by atoms with Gasteiger partial charge in [-0.15, -0.1) is 0 Å². The molecule has 0 spiro atoms. The van der Waals surface area contributed by atoms with Gasteiger partial charge in [0.05, 0.1) is 22.8 Å². The number of nitriles is 1. The third-order valence-corrected chi connectivity index (χ3v) is 5.99. The number of hydrogen-bond acceptors (Lipinski definition) is 7. The molecule has 134 valence electrons. The van der Waals surface area contributed by atoms with Gasteiger partial charge in [0.1, 0.15) is 11.8 Å². The van der Waals surface area contributed by atoms with Crippen molar-refractivity contribution in [2.45, 2.75) is 12.5 Å². The standard InChI is InChI=1S/C17H17N5O3S/c1-22(13-7-9-26(24,25)11-13)17-19-8-6-15(21-17)16(23)20-14-5-3-2-4-12(14)10-18/h2-6,8,13H,7,9,11H2,1H3,(H,20,23). The zero-order chi connectivity index (χ0) is 18.7. The number of hydrogen-bond donors (Lipinski definition) is 1. The van der Waals surface area contributed by atoms with Crippen LogP contribution in [0.2, 0.25) is 0 Å². The molecule has 1 fully saturated rings. The number of aromatic nitrogens is 2. The molecule has 1 aliphatic heterocycles. The van der Waals surface area contributed by atoms with Gasteiger partial charge in [-0.1, -0.05) is 12.1 Å². The second kappa shape index (κ2) is 7.09. The van der Waals surface area contributed by atoms with E-state index in [1.165, 1.54) is 12.3 Å². The van der Waals surface area contributed by atoms with Crippen LogP contribution in [0.3, 0.4) is 0 Å². The molecule has 8 nitrogen and oxygen atoms in total. The van der Waals surface area contributed by atoms with Crippen molar-refractivity contribution in [3.8, 4) is 6.07 Å². The highest BCUT2D eigenvalue weighted by Crippen LogP contribution is 2.20. The smallest absolute Gasteiger partial charge is 0.274 e. The zero-order valence-electron chi connectivity index (χ0n) is 14.1. The molecule has 0 saturated carbocycles. The van der Waals surface area contributed by atoms with Crippen molar-refractivity contribution in [2.75, 3.05) is 28.8 Å². The molecule has 1 atom stereocenters. The first kappa shape index (κ1) is 17.8. The van der Waals surface area contributed by atoms with E-state index in [2.05, 4.69) is 15.3 Å². The van der Waals surface area contributed by atoms with E-state index in [0.29, 0.717) is 17.7 Å². The highest BCUT2D eigenvalue weighted by Gasteiger charge is 2.31. The molecular weight excluding hydrogens is 354 g/mol. The van der Waals surface area contributed by atoms with Crippen LogP contribution in [0.15, 0.2) is 36.5 Å². The Morgan fingerprint density at radius 3 is 2.81 bits per heavy atom. The maximum Gasteiger partial charge on any atom is 0.274 e. The first-order chi connectivity index (χ1) is 12.4. The van der Waals surface area contributed by atoms with Crippen molar-refractivity contribution in [3.63, 3.8) is 0 Å². The second-order valence-corrected chi connectivity index (χ2v) is 8.25. The summed E-state index contributed by atoms with van der Waals surface area (Å²) >= 11 is 0. The lowest BCUT2D eigenvalue weighted by Crippen LogP contribution is -2.34. The van der Waals surface area contributed by atoms with Crippen LogP contribution < -0.4 is 10.2 Å². The SMILES string of the molecule is CN(c1nccc(C(=O)Nc2ccccc2C#N)n1)C1CCS(=O)(=O)C1. The zero-order valence-corrected chi connectivity index (χ0v) is 14.9. The fourth-order valence-corrected chi connectivity index (χ4v) is 4.54. The average molecular weight is 371 g/mol. The molecule has 3 rings (SSSR count). The van der Waals surface area contributed by atoms with Gasteiger partial charge in [-0.25, -0.2) is 18.4 Å². The molecule has 0 radical (unpaired) electrons. The van der Waals surface area contributed by atoms with Crippen molar-refractivity contribution in [1.29, 1.82) is 5.26 Å². The lowest BCUT2D eigenvalue weighted by Gasteiger charge is -2.23. The van der Waals surface area contributed by atoms with Gasteiger partial charge in [-0.05, 0) is 24.6 Å². The molecule has 0 bridgehead atoms. The van der Waals surface area contributed by atoms with Gasteiger partial charge in [-0.3, -0.25) is 4.79 Å². The third-order valence-electron chi connectivity index (χ3n) is 4.24. The quantitative estimate of drug-likeness (QED) is 0.859. The molecule has 2 heterocycles. The maximum absolute atomic E-state index is 12.5. The van der Waals surface area contributed by atoms with Crippen LogP contribution in [0.5, 0.6) is 0 Å². The largest absolute Gasteiger partial charge is 0.340 e. The Bertz CT molecular complexity index is 984. The minimum Gasteiger partial charge on any atom is -0.340 e. The highest BCUT2D eigenvalue weighted by molar-refractivity contribution is 7.91. The molecule has 0 aliphatic carbocycles. The van der Waals surface area contributed by atoms with Crippen molar-refractivity contribution < 1.29 is 13.2 Å². The average Bonchev–Trinajstić information content (AvgIpc) is 3.01. The summed E-state index contributed by atoms with van der Waals surface area (Å²) in [6.45, 7) is 0. The Balaban J connectivity index is 1.79. The van der Waals surface area contributed by atoms with Gasteiger partial charge >= 0.3 is 0 Å². The van der Waals surface area contributed by atoms with E-state index < -0.39 is 15.7 Å². The van der Waals surface area contributed by atoms with Gasteiger partial charge in [0.15, 0.2) is 9.84 Å². The third kappa shape index (κ3) is 3.81. The van der Waals surface area contributed by atoms with E-state index in [4.69, 9.17) is 5.26 Å². The minimum absolute atomic E-state index is 0.0544. The molecule has 1 unspecified atom stereocenters. The van der Waals surface area contributed by atoms with Gasteiger partial charge in [0, 0.05) is 19.3 Å². The predicted octanol–water partition coefficient (Wildman–Crippen LogP) is 1.22. The van der Waals surface area contributed by atoms with E-state index in [0.717, 1.165) is 0 Å². The summed E-state index contributed by atoms with van der Waals surface area (Å²) in [5.74, 6) is 0.0171. The summed E-state index contributed by atoms with van der Waals surface area (Å²) in [6.07, 6.45) is 1.96. The van der Waals surface area contributed by atoms with Crippen LogP contribution in [0.25, 0.3) is 0 Å². The number of nitrogens with one attached hydrogen (secondary N) is 1. The fourth-order valence-electron chi connectivity index (χ4n) is 2.76. The van der Waals surface area contributed by atoms with E-state index in [9.17, 15) is 13.2 Å². The highest BCUT2D eigenvalue weighted by atomic mass is 32.2. The first-order valence-electron chi connectivity index (χ1n) is 7.96. The normalized spacial score (nSPS) is 18.1. The Hall–Kier alpha value is -2.99. The molecule has 1 amide bonds.